The van der Waals surface area contributed by atoms with Gasteiger partial charge in [-0.1, -0.05) is 105 Å². The standard InChI is InChI=1S/C34H44N2O2/c1-25-12-11-15-28(22-25)24-36(31(37)21-18-26-16-19-29(20-17-26)33(2,3)4)30(32(38)35-34(5,6)7)23-27-13-9-8-10-14-27/h8-17,19-20,22,30H,18,21,23-24H2,1-7H3,(H,35,38)/t30-/m0/s1. The summed E-state index contributed by atoms with van der Waals surface area (Å²) in [4.78, 5) is 29.3. The summed E-state index contributed by atoms with van der Waals surface area (Å²) in [6.07, 6.45) is 1.43. The number of benzene rings is 3. The predicted molar refractivity (Wildman–Crippen MR) is 157 cm³/mol. The summed E-state index contributed by atoms with van der Waals surface area (Å²) < 4.78 is 0. The lowest BCUT2D eigenvalue weighted by atomic mass is 9.86. The first-order valence-electron chi connectivity index (χ1n) is 13.6. The second-order valence-electron chi connectivity index (χ2n) is 12.4. The normalized spacial score (nSPS) is 12.6. The van der Waals surface area contributed by atoms with E-state index >= 15 is 0 Å². The van der Waals surface area contributed by atoms with Crippen molar-refractivity contribution in [3.05, 3.63) is 107 Å². The van der Waals surface area contributed by atoms with Crippen LogP contribution in [-0.2, 0) is 34.4 Å². The largest absolute Gasteiger partial charge is 0.350 e. The SMILES string of the molecule is Cc1cccc(CN(C(=O)CCc2ccc(C(C)(C)C)cc2)[C@@H](Cc2ccccc2)C(=O)NC(C)(C)C)c1. The number of amides is 2. The second-order valence-corrected chi connectivity index (χ2v) is 12.4. The number of carbonyl (C=O) groups excluding carboxylic acids is 2. The quantitative estimate of drug-likeness (QED) is 0.344. The summed E-state index contributed by atoms with van der Waals surface area (Å²) in [5, 5.41) is 3.13. The third-order valence-corrected chi connectivity index (χ3v) is 6.65. The van der Waals surface area contributed by atoms with E-state index in [1.165, 1.54) is 5.56 Å². The third-order valence-electron chi connectivity index (χ3n) is 6.65. The third kappa shape index (κ3) is 8.86. The molecule has 0 radical (unpaired) electrons. The molecule has 0 aliphatic heterocycles. The lowest BCUT2D eigenvalue weighted by Gasteiger charge is -2.34. The zero-order valence-electron chi connectivity index (χ0n) is 24.2. The summed E-state index contributed by atoms with van der Waals surface area (Å²) >= 11 is 0. The van der Waals surface area contributed by atoms with E-state index in [1.807, 2.05) is 76.2 Å². The van der Waals surface area contributed by atoms with Crippen LogP contribution in [0.5, 0.6) is 0 Å². The molecule has 0 saturated carbocycles. The number of hydrogen-bond acceptors (Lipinski definition) is 2. The number of hydrogen-bond donors (Lipinski definition) is 1. The minimum atomic E-state index is -0.618. The minimum absolute atomic E-state index is 0.0172. The molecule has 0 fully saturated rings. The number of nitrogens with zero attached hydrogens (tertiary/aromatic N) is 1. The van der Waals surface area contributed by atoms with Crippen molar-refractivity contribution in [3.63, 3.8) is 0 Å². The average Bonchev–Trinajstić information content (AvgIpc) is 2.84. The topological polar surface area (TPSA) is 49.4 Å². The molecule has 0 spiro atoms. The zero-order valence-corrected chi connectivity index (χ0v) is 24.2. The first kappa shape index (κ1) is 29.2. The van der Waals surface area contributed by atoms with E-state index in [-0.39, 0.29) is 17.2 Å². The van der Waals surface area contributed by atoms with E-state index in [4.69, 9.17) is 0 Å². The molecule has 3 rings (SSSR count). The van der Waals surface area contributed by atoms with Crippen molar-refractivity contribution in [1.29, 1.82) is 0 Å². The van der Waals surface area contributed by atoms with Gasteiger partial charge in [-0.15, -0.1) is 0 Å². The van der Waals surface area contributed by atoms with E-state index in [9.17, 15) is 9.59 Å². The maximum absolute atomic E-state index is 13.9. The molecule has 0 aromatic heterocycles. The summed E-state index contributed by atoms with van der Waals surface area (Å²) in [6, 6.07) is 26.0. The Morgan fingerprint density at radius 3 is 2.00 bits per heavy atom. The van der Waals surface area contributed by atoms with E-state index < -0.39 is 11.6 Å². The van der Waals surface area contributed by atoms with Gasteiger partial charge in [0, 0.05) is 24.9 Å². The van der Waals surface area contributed by atoms with E-state index in [0.29, 0.717) is 25.8 Å². The maximum Gasteiger partial charge on any atom is 0.243 e. The molecule has 1 atom stereocenters. The molecule has 4 heteroatoms. The number of nitrogens with one attached hydrogen (secondary N) is 1. The second kappa shape index (κ2) is 12.4. The zero-order chi connectivity index (χ0) is 27.9. The van der Waals surface area contributed by atoms with Gasteiger partial charge in [0.05, 0.1) is 0 Å². The summed E-state index contributed by atoms with van der Waals surface area (Å²) in [5.41, 5.74) is 5.27. The van der Waals surface area contributed by atoms with Gasteiger partial charge in [-0.2, -0.15) is 0 Å². The van der Waals surface area contributed by atoms with Crippen molar-refractivity contribution >= 4 is 11.8 Å². The van der Waals surface area contributed by atoms with Crippen LogP contribution in [0.1, 0.15) is 75.8 Å². The van der Waals surface area contributed by atoms with Crippen molar-refractivity contribution < 1.29 is 9.59 Å². The molecule has 0 aliphatic rings. The molecule has 0 heterocycles. The lowest BCUT2D eigenvalue weighted by molar-refractivity contribution is -0.141. The average molecular weight is 513 g/mol. The van der Waals surface area contributed by atoms with Crippen molar-refractivity contribution in [2.24, 2.45) is 0 Å². The van der Waals surface area contributed by atoms with Crippen LogP contribution in [0.4, 0.5) is 0 Å². The molecule has 202 valence electrons. The molecule has 1 N–H and O–H groups in total. The first-order chi connectivity index (χ1) is 17.8. The van der Waals surface area contributed by atoms with Gasteiger partial charge in [-0.05, 0) is 61.8 Å². The van der Waals surface area contributed by atoms with Gasteiger partial charge < -0.3 is 10.2 Å². The fourth-order valence-electron chi connectivity index (χ4n) is 4.58. The van der Waals surface area contributed by atoms with Crippen LogP contribution in [0, 0.1) is 6.92 Å². The Hall–Kier alpha value is -3.40. The fourth-order valence-corrected chi connectivity index (χ4v) is 4.58. The smallest absolute Gasteiger partial charge is 0.243 e. The van der Waals surface area contributed by atoms with E-state index in [0.717, 1.165) is 22.3 Å². The monoisotopic (exact) mass is 512 g/mol. The van der Waals surface area contributed by atoms with E-state index in [2.05, 4.69) is 56.4 Å². The highest BCUT2D eigenvalue weighted by atomic mass is 16.2. The predicted octanol–water partition coefficient (Wildman–Crippen LogP) is 6.78. The van der Waals surface area contributed by atoms with Gasteiger partial charge in [0.25, 0.3) is 0 Å². The Morgan fingerprint density at radius 2 is 1.42 bits per heavy atom. The van der Waals surface area contributed by atoms with Crippen LogP contribution < -0.4 is 5.32 Å². The highest BCUT2D eigenvalue weighted by Crippen LogP contribution is 2.23. The molecule has 2 amide bonds. The van der Waals surface area contributed by atoms with Crippen LogP contribution >= 0.6 is 0 Å². The van der Waals surface area contributed by atoms with Crippen molar-refractivity contribution in [3.8, 4) is 0 Å². The molecule has 38 heavy (non-hydrogen) atoms. The lowest BCUT2D eigenvalue weighted by Crippen LogP contribution is -2.54. The Bertz CT molecular complexity index is 1200. The number of aryl methyl sites for hydroxylation is 2. The summed E-state index contributed by atoms with van der Waals surface area (Å²) in [6.45, 7) is 14.9. The van der Waals surface area contributed by atoms with Gasteiger partial charge in [-0.3, -0.25) is 9.59 Å². The van der Waals surface area contributed by atoms with Gasteiger partial charge in [-0.25, -0.2) is 0 Å². The minimum Gasteiger partial charge on any atom is -0.350 e. The molecule has 4 nitrogen and oxygen atoms in total. The molecule has 3 aromatic rings. The van der Waals surface area contributed by atoms with Crippen molar-refractivity contribution in [2.75, 3.05) is 0 Å². The number of rotatable bonds is 9. The van der Waals surface area contributed by atoms with Crippen molar-refractivity contribution in [2.45, 2.75) is 91.3 Å². The Kier molecular flexibility index (Phi) is 9.54. The van der Waals surface area contributed by atoms with Crippen LogP contribution in [0.2, 0.25) is 0 Å². The molecular formula is C34H44N2O2. The van der Waals surface area contributed by atoms with Crippen LogP contribution in [0.3, 0.4) is 0 Å². The van der Waals surface area contributed by atoms with Crippen LogP contribution in [0.25, 0.3) is 0 Å². The van der Waals surface area contributed by atoms with Gasteiger partial charge in [0.1, 0.15) is 6.04 Å². The maximum atomic E-state index is 13.9. The fraction of sp³-hybridized carbons (Fsp3) is 0.412. The first-order valence-corrected chi connectivity index (χ1v) is 13.6. The van der Waals surface area contributed by atoms with Gasteiger partial charge in [0.15, 0.2) is 0 Å². The van der Waals surface area contributed by atoms with Gasteiger partial charge in [0.2, 0.25) is 11.8 Å². The van der Waals surface area contributed by atoms with Crippen LogP contribution in [-0.4, -0.2) is 28.3 Å². The summed E-state index contributed by atoms with van der Waals surface area (Å²) in [7, 11) is 0. The van der Waals surface area contributed by atoms with E-state index in [1.54, 1.807) is 4.90 Å². The Morgan fingerprint density at radius 1 is 0.789 bits per heavy atom. The van der Waals surface area contributed by atoms with Gasteiger partial charge >= 0.3 is 0 Å². The Balaban J connectivity index is 1.90. The molecule has 3 aromatic carbocycles. The number of carbonyl (C=O) groups is 2. The van der Waals surface area contributed by atoms with Crippen molar-refractivity contribution in [1.82, 2.24) is 10.2 Å². The molecule has 0 bridgehead atoms. The molecule has 0 aliphatic carbocycles. The highest BCUT2D eigenvalue weighted by Gasteiger charge is 2.32. The molecule has 0 unspecified atom stereocenters. The van der Waals surface area contributed by atoms with Crippen LogP contribution in [0.15, 0.2) is 78.9 Å². The summed E-state index contributed by atoms with van der Waals surface area (Å²) in [5.74, 6) is -0.145. The molecular weight excluding hydrogens is 468 g/mol. The Labute approximate surface area is 229 Å². The highest BCUT2D eigenvalue weighted by molar-refractivity contribution is 5.88. The molecule has 0 saturated heterocycles.